The molecule has 1 saturated heterocycles. The van der Waals surface area contributed by atoms with Gasteiger partial charge in [-0.25, -0.2) is 4.39 Å². The van der Waals surface area contributed by atoms with Crippen molar-refractivity contribution in [1.29, 1.82) is 0 Å². The molecule has 0 N–H and O–H groups in total. The molecule has 4 rings (SSSR count). The number of nitrogens with zero attached hydrogens (tertiary/aromatic N) is 1. The summed E-state index contributed by atoms with van der Waals surface area (Å²) in [6.45, 7) is 3.85. The number of rotatable bonds is 8. The molecule has 0 atom stereocenters. The van der Waals surface area contributed by atoms with E-state index >= 15 is 0 Å². The summed E-state index contributed by atoms with van der Waals surface area (Å²) in [5.41, 5.74) is 2.13. The predicted molar refractivity (Wildman–Crippen MR) is 123 cm³/mol. The molecule has 0 unspecified atom stereocenters. The van der Waals surface area contributed by atoms with Crippen molar-refractivity contribution in [1.82, 2.24) is 4.90 Å². The Morgan fingerprint density at radius 1 is 0.871 bits per heavy atom. The summed E-state index contributed by atoms with van der Waals surface area (Å²) in [6.07, 6.45) is 4.15. The van der Waals surface area contributed by atoms with Gasteiger partial charge in [0.05, 0.1) is 0 Å². The summed E-state index contributed by atoms with van der Waals surface area (Å²) in [7, 11) is 0. The molecule has 0 saturated carbocycles. The predicted octanol–water partition coefficient (Wildman–Crippen LogP) is 5.72. The van der Waals surface area contributed by atoms with E-state index in [9.17, 15) is 9.18 Å². The number of carbonyl (C=O) groups is 1. The van der Waals surface area contributed by atoms with Crippen LogP contribution < -0.4 is 4.74 Å². The van der Waals surface area contributed by atoms with Gasteiger partial charge in [0, 0.05) is 23.2 Å². The van der Waals surface area contributed by atoms with E-state index in [0.29, 0.717) is 23.3 Å². The van der Waals surface area contributed by atoms with Gasteiger partial charge in [-0.2, -0.15) is 0 Å². The van der Waals surface area contributed by atoms with E-state index in [1.54, 1.807) is 36.4 Å². The zero-order valence-corrected chi connectivity index (χ0v) is 17.5. The number of ketones is 1. The molecule has 31 heavy (non-hydrogen) atoms. The molecule has 1 heterocycles. The lowest BCUT2D eigenvalue weighted by Crippen LogP contribution is -2.25. The largest absolute Gasteiger partial charge is 0.492 e. The van der Waals surface area contributed by atoms with E-state index in [-0.39, 0.29) is 11.6 Å². The smallest absolute Gasteiger partial charge is 0.193 e. The molecule has 0 spiro atoms. The van der Waals surface area contributed by atoms with Crippen LogP contribution in [0.1, 0.15) is 34.3 Å². The average Bonchev–Trinajstić information content (AvgIpc) is 3.33. The van der Waals surface area contributed by atoms with Crippen LogP contribution in [0.5, 0.6) is 5.75 Å². The lowest BCUT2D eigenvalue weighted by atomic mass is 9.94. The fourth-order valence-corrected chi connectivity index (χ4v) is 3.80. The van der Waals surface area contributed by atoms with Gasteiger partial charge in [0.2, 0.25) is 0 Å². The van der Waals surface area contributed by atoms with Crippen molar-refractivity contribution in [3.05, 3.63) is 101 Å². The summed E-state index contributed by atoms with van der Waals surface area (Å²) < 4.78 is 20.1. The van der Waals surface area contributed by atoms with E-state index in [1.807, 2.05) is 42.5 Å². The fourth-order valence-electron chi connectivity index (χ4n) is 3.80. The second-order valence-corrected chi connectivity index (χ2v) is 7.70. The molecule has 158 valence electrons. The SMILES string of the molecule is O=C(/C(=C/c1ccccc1F)c1ccccc1)c1ccc(OCCN2CCCC2)cc1. The fraction of sp³-hybridized carbons (Fsp3) is 0.222. The molecule has 4 heteroatoms. The van der Waals surface area contributed by atoms with Crippen LogP contribution in [-0.4, -0.2) is 36.9 Å². The van der Waals surface area contributed by atoms with Crippen molar-refractivity contribution in [3.63, 3.8) is 0 Å². The van der Waals surface area contributed by atoms with Gasteiger partial charge in [-0.3, -0.25) is 9.69 Å². The van der Waals surface area contributed by atoms with Crippen LogP contribution in [0.25, 0.3) is 11.6 Å². The first-order chi connectivity index (χ1) is 15.2. The van der Waals surface area contributed by atoms with Crippen LogP contribution in [0, 0.1) is 5.82 Å². The van der Waals surface area contributed by atoms with Gasteiger partial charge in [0.25, 0.3) is 0 Å². The number of allylic oxidation sites excluding steroid dienone is 1. The minimum absolute atomic E-state index is 0.155. The molecule has 1 aliphatic rings. The van der Waals surface area contributed by atoms with Gasteiger partial charge in [0.15, 0.2) is 5.78 Å². The normalized spacial score (nSPS) is 14.5. The van der Waals surface area contributed by atoms with E-state index in [4.69, 9.17) is 4.74 Å². The Morgan fingerprint density at radius 3 is 2.26 bits per heavy atom. The van der Waals surface area contributed by atoms with Crippen LogP contribution in [0.3, 0.4) is 0 Å². The minimum atomic E-state index is -0.356. The second kappa shape index (κ2) is 10.2. The lowest BCUT2D eigenvalue weighted by molar-refractivity contribution is 0.105. The summed E-state index contributed by atoms with van der Waals surface area (Å²) in [6, 6.07) is 23.0. The van der Waals surface area contributed by atoms with Gasteiger partial charge >= 0.3 is 0 Å². The third-order valence-corrected chi connectivity index (χ3v) is 5.53. The molecule has 0 aliphatic carbocycles. The van der Waals surface area contributed by atoms with E-state index < -0.39 is 0 Å². The summed E-state index contributed by atoms with van der Waals surface area (Å²) in [5, 5.41) is 0. The molecule has 3 aromatic rings. The van der Waals surface area contributed by atoms with Gasteiger partial charge in [-0.15, -0.1) is 0 Å². The van der Waals surface area contributed by atoms with Crippen molar-refractivity contribution in [3.8, 4) is 5.75 Å². The molecule has 3 aromatic carbocycles. The Bertz CT molecular complexity index is 1040. The Labute approximate surface area is 182 Å². The molecular weight excluding hydrogens is 389 g/mol. The van der Waals surface area contributed by atoms with Crippen molar-refractivity contribution in [2.45, 2.75) is 12.8 Å². The molecule has 0 amide bonds. The third kappa shape index (κ3) is 5.47. The second-order valence-electron chi connectivity index (χ2n) is 7.70. The van der Waals surface area contributed by atoms with Crippen molar-refractivity contribution < 1.29 is 13.9 Å². The van der Waals surface area contributed by atoms with Crippen LogP contribution in [0.15, 0.2) is 78.9 Å². The van der Waals surface area contributed by atoms with Crippen LogP contribution >= 0.6 is 0 Å². The highest BCUT2D eigenvalue weighted by Gasteiger charge is 2.16. The Balaban J connectivity index is 1.52. The molecule has 1 fully saturated rings. The highest BCUT2D eigenvalue weighted by atomic mass is 19.1. The molecule has 1 aliphatic heterocycles. The van der Waals surface area contributed by atoms with Gasteiger partial charge in [0.1, 0.15) is 18.2 Å². The highest BCUT2D eigenvalue weighted by Crippen LogP contribution is 2.25. The molecule has 0 radical (unpaired) electrons. The minimum Gasteiger partial charge on any atom is -0.492 e. The van der Waals surface area contributed by atoms with Crippen molar-refractivity contribution >= 4 is 17.4 Å². The first kappa shape index (κ1) is 21.0. The van der Waals surface area contributed by atoms with Crippen molar-refractivity contribution in [2.24, 2.45) is 0 Å². The Morgan fingerprint density at radius 2 is 1.55 bits per heavy atom. The van der Waals surface area contributed by atoms with Crippen LogP contribution in [0.2, 0.25) is 0 Å². The number of likely N-dealkylation sites (tertiary alicyclic amines) is 1. The maximum absolute atomic E-state index is 14.2. The molecule has 3 nitrogen and oxygen atoms in total. The van der Waals surface area contributed by atoms with E-state index in [0.717, 1.165) is 30.9 Å². The van der Waals surface area contributed by atoms with Gasteiger partial charge in [-0.05, 0) is 67.9 Å². The first-order valence-electron chi connectivity index (χ1n) is 10.7. The summed E-state index contributed by atoms with van der Waals surface area (Å²) >= 11 is 0. The maximum atomic E-state index is 14.2. The molecular formula is C27H26FNO2. The number of ether oxygens (including phenoxy) is 1. The zero-order chi connectivity index (χ0) is 21.5. The number of benzene rings is 3. The van der Waals surface area contributed by atoms with Crippen molar-refractivity contribution in [2.75, 3.05) is 26.2 Å². The Kier molecular flexibility index (Phi) is 6.90. The van der Waals surface area contributed by atoms with Gasteiger partial charge < -0.3 is 4.74 Å². The summed E-state index contributed by atoms with van der Waals surface area (Å²) in [4.78, 5) is 15.7. The van der Waals surface area contributed by atoms with Gasteiger partial charge in [-0.1, -0.05) is 48.5 Å². The number of hydrogen-bond acceptors (Lipinski definition) is 3. The standard InChI is InChI=1S/C27H26FNO2/c28-26-11-5-4-10-23(26)20-25(21-8-2-1-3-9-21)27(30)22-12-14-24(15-13-22)31-19-18-29-16-6-7-17-29/h1-5,8-15,20H,6-7,16-19H2/b25-20+. The number of Topliss-reactive ketones (excluding diaryl/α,β-unsaturated/α-hetero) is 1. The number of halogens is 1. The lowest BCUT2D eigenvalue weighted by Gasteiger charge is -2.15. The topological polar surface area (TPSA) is 29.5 Å². The first-order valence-corrected chi connectivity index (χ1v) is 10.7. The zero-order valence-electron chi connectivity index (χ0n) is 17.5. The Hall–Kier alpha value is -3.24. The van der Waals surface area contributed by atoms with Crippen LogP contribution in [-0.2, 0) is 0 Å². The highest BCUT2D eigenvalue weighted by molar-refractivity contribution is 6.32. The molecule has 0 aromatic heterocycles. The van der Waals surface area contributed by atoms with E-state index in [2.05, 4.69) is 4.90 Å². The average molecular weight is 416 g/mol. The quantitative estimate of drug-likeness (QED) is 0.268. The third-order valence-electron chi connectivity index (χ3n) is 5.53. The number of carbonyl (C=O) groups excluding carboxylic acids is 1. The maximum Gasteiger partial charge on any atom is 0.193 e. The number of hydrogen-bond donors (Lipinski definition) is 0. The monoisotopic (exact) mass is 415 g/mol. The van der Waals surface area contributed by atoms with E-state index in [1.165, 1.54) is 18.9 Å². The summed E-state index contributed by atoms with van der Waals surface area (Å²) in [5.74, 6) is 0.235. The molecule has 0 bridgehead atoms. The van der Waals surface area contributed by atoms with Crippen LogP contribution in [0.4, 0.5) is 4.39 Å².